The lowest BCUT2D eigenvalue weighted by Gasteiger charge is -2.41. The Labute approximate surface area is 238 Å². The number of amides is 2. The smallest absolute Gasteiger partial charge is 0.408 e. The maximum absolute atomic E-state index is 13.7. The topological polar surface area (TPSA) is 118 Å². The SMILES string of the molecule is CC(C)C[C@H](NC(=O)OCc1ccccc1)C(=O)N[C@@H](CC(C)C)C(O[Si](C)(C)C(C)(C)C)c1nc(=S)o[nH]1. The third kappa shape index (κ3) is 10.5. The summed E-state index contributed by atoms with van der Waals surface area (Å²) in [4.78, 5) is 30.8. The molecule has 2 amide bonds. The fourth-order valence-corrected chi connectivity index (χ4v) is 5.25. The third-order valence-corrected chi connectivity index (χ3v) is 11.5. The number of alkyl carbamates (subject to hydrolysis) is 1. The first-order chi connectivity index (χ1) is 18.1. The summed E-state index contributed by atoms with van der Waals surface area (Å²) in [5, 5.41) is 8.65. The Hall–Kier alpha value is -2.50. The molecule has 0 aliphatic rings. The zero-order chi connectivity index (χ0) is 29.4. The van der Waals surface area contributed by atoms with Crippen molar-refractivity contribution in [2.24, 2.45) is 11.8 Å². The van der Waals surface area contributed by atoms with Gasteiger partial charge in [0.15, 0.2) is 14.1 Å². The fourth-order valence-electron chi connectivity index (χ4n) is 3.84. The van der Waals surface area contributed by atoms with Gasteiger partial charge in [0.2, 0.25) is 5.91 Å². The summed E-state index contributed by atoms with van der Waals surface area (Å²) in [6.07, 6.45) is -0.191. The summed E-state index contributed by atoms with van der Waals surface area (Å²) < 4.78 is 17.5. The average Bonchev–Trinajstić information content (AvgIpc) is 3.25. The van der Waals surface area contributed by atoms with E-state index >= 15 is 0 Å². The summed E-state index contributed by atoms with van der Waals surface area (Å²) >= 11 is 5.12. The van der Waals surface area contributed by atoms with Gasteiger partial charge in [-0.15, -0.1) is 0 Å². The second kappa shape index (κ2) is 14.2. The van der Waals surface area contributed by atoms with Gasteiger partial charge in [-0.25, -0.2) is 9.95 Å². The lowest BCUT2D eigenvalue weighted by Crippen LogP contribution is -2.53. The fraction of sp³-hybridized carbons (Fsp3) is 0.643. The van der Waals surface area contributed by atoms with E-state index < -0.39 is 32.6 Å². The molecule has 9 nitrogen and oxygen atoms in total. The number of hydrogen-bond acceptors (Lipinski definition) is 7. The lowest BCUT2D eigenvalue weighted by atomic mass is 9.97. The van der Waals surface area contributed by atoms with Gasteiger partial charge in [-0.05, 0) is 60.6 Å². The highest BCUT2D eigenvalue weighted by atomic mass is 32.1. The van der Waals surface area contributed by atoms with Crippen molar-refractivity contribution in [2.45, 2.75) is 104 Å². The number of H-pyrrole nitrogens is 1. The zero-order valence-electron chi connectivity index (χ0n) is 24.8. The zero-order valence-corrected chi connectivity index (χ0v) is 26.6. The van der Waals surface area contributed by atoms with Crippen LogP contribution in [-0.2, 0) is 20.6 Å². The normalized spacial score (nSPS) is 14.6. The van der Waals surface area contributed by atoms with E-state index in [0.717, 1.165) is 5.56 Å². The number of aromatic amines is 1. The Morgan fingerprint density at radius 2 is 1.67 bits per heavy atom. The van der Waals surface area contributed by atoms with E-state index in [0.29, 0.717) is 18.7 Å². The Morgan fingerprint density at radius 3 is 2.18 bits per heavy atom. The van der Waals surface area contributed by atoms with Crippen molar-refractivity contribution < 1.29 is 23.3 Å². The molecule has 0 radical (unpaired) electrons. The molecule has 1 aromatic heterocycles. The molecule has 3 N–H and O–H groups in total. The van der Waals surface area contributed by atoms with Crippen molar-refractivity contribution in [3.05, 3.63) is 46.6 Å². The monoisotopic (exact) mass is 578 g/mol. The van der Waals surface area contributed by atoms with Crippen molar-refractivity contribution in [3.63, 3.8) is 0 Å². The molecule has 1 unspecified atom stereocenters. The van der Waals surface area contributed by atoms with Gasteiger partial charge in [0.05, 0.1) is 6.04 Å². The van der Waals surface area contributed by atoms with E-state index in [1.807, 2.05) is 44.2 Å². The first-order valence-electron chi connectivity index (χ1n) is 13.6. The molecule has 1 heterocycles. The van der Waals surface area contributed by atoms with E-state index in [2.05, 4.69) is 68.5 Å². The van der Waals surface area contributed by atoms with Crippen LogP contribution in [0, 0.1) is 16.7 Å². The number of rotatable bonds is 13. The maximum atomic E-state index is 13.7. The van der Waals surface area contributed by atoms with E-state index in [1.54, 1.807) is 0 Å². The summed E-state index contributed by atoms with van der Waals surface area (Å²) in [5.41, 5.74) is 0.866. The molecule has 0 saturated carbocycles. The maximum Gasteiger partial charge on any atom is 0.408 e. The number of nitrogens with one attached hydrogen (secondary N) is 3. The van der Waals surface area contributed by atoms with Crippen LogP contribution >= 0.6 is 12.2 Å². The van der Waals surface area contributed by atoms with Crippen LogP contribution in [0.3, 0.4) is 0 Å². The van der Waals surface area contributed by atoms with Gasteiger partial charge >= 0.3 is 10.9 Å². The van der Waals surface area contributed by atoms with Gasteiger partial charge in [0.25, 0.3) is 0 Å². The average molecular weight is 579 g/mol. The Balaban J connectivity index is 2.29. The number of carbonyl (C=O) groups is 2. The predicted molar refractivity (Wildman–Crippen MR) is 157 cm³/mol. The molecule has 39 heavy (non-hydrogen) atoms. The molecule has 2 aromatic rings. The first kappa shape index (κ1) is 32.7. The molecule has 0 aliphatic heterocycles. The van der Waals surface area contributed by atoms with Crippen LogP contribution in [0.4, 0.5) is 4.79 Å². The van der Waals surface area contributed by atoms with Crippen molar-refractivity contribution in [1.82, 2.24) is 20.8 Å². The molecule has 11 heteroatoms. The molecule has 0 bridgehead atoms. The second-order valence-corrected chi connectivity index (χ2v) is 17.5. The standard InChI is InChI=1S/C28H46N4O5SSi/c1-18(2)15-21(23(24-31-27(38)36-32-24)37-39(8,9)28(5,6)7)29-25(33)22(16-19(3)4)30-26(34)35-17-20-13-11-10-12-14-20/h10-14,18-19,21-23H,15-17H2,1-9H3,(H,29,33)(H,30,34)(H,31,32,38)/t21-,22-,23?/m0/s1. The molecule has 3 atom stereocenters. The van der Waals surface area contributed by atoms with Crippen molar-refractivity contribution in [3.8, 4) is 0 Å². The number of carbonyl (C=O) groups excluding carboxylic acids is 2. The van der Waals surface area contributed by atoms with Crippen molar-refractivity contribution in [2.75, 3.05) is 0 Å². The van der Waals surface area contributed by atoms with Crippen LogP contribution in [0.2, 0.25) is 18.1 Å². The molecule has 1 aromatic carbocycles. The summed E-state index contributed by atoms with van der Waals surface area (Å²) in [7, 11) is -2.31. The van der Waals surface area contributed by atoms with Gasteiger partial charge < -0.3 is 24.3 Å². The highest BCUT2D eigenvalue weighted by Crippen LogP contribution is 2.40. The van der Waals surface area contributed by atoms with Crippen LogP contribution < -0.4 is 10.6 Å². The van der Waals surface area contributed by atoms with Crippen LogP contribution in [0.5, 0.6) is 0 Å². The molecular formula is C28H46N4O5SSi. The number of nitrogens with zero attached hydrogens (tertiary/aromatic N) is 1. The van der Waals surface area contributed by atoms with Gasteiger partial charge in [0.1, 0.15) is 18.8 Å². The Morgan fingerprint density at radius 1 is 1.05 bits per heavy atom. The highest BCUT2D eigenvalue weighted by molar-refractivity contribution is 7.71. The minimum Gasteiger partial charge on any atom is -0.445 e. The largest absolute Gasteiger partial charge is 0.445 e. The summed E-state index contributed by atoms with van der Waals surface area (Å²) in [5.74, 6) is 0.524. The van der Waals surface area contributed by atoms with Crippen LogP contribution in [0.15, 0.2) is 34.9 Å². The first-order valence-corrected chi connectivity index (χ1v) is 16.9. The van der Waals surface area contributed by atoms with E-state index in [1.165, 1.54) is 0 Å². The minimum atomic E-state index is -2.31. The second-order valence-electron chi connectivity index (χ2n) is 12.4. The van der Waals surface area contributed by atoms with Crippen molar-refractivity contribution in [1.29, 1.82) is 0 Å². The van der Waals surface area contributed by atoms with Gasteiger partial charge in [-0.1, -0.05) is 78.8 Å². The molecule has 0 saturated heterocycles. The van der Waals surface area contributed by atoms with E-state index in [-0.39, 0.29) is 34.2 Å². The van der Waals surface area contributed by atoms with E-state index in [4.69, 9.17) is 25.9 Å². The van der Waals surface area contributed by atoms with Gasteiger partial charge in [0, 0.05) is 0 Å². The Bertz CT molecular complexity index is 1110. The minimum absolute atomic E-state index is 0.0731. The molecule has 0 spiro atoms. The molecule has 0 aliphatic carbocycles. The molecule has 2 rings (SSSR count). The molecule has 0 fully saturated rings. The van der Waals surface area contributed by atoms with Gasteiger partial charge in [-0.3, -0.25) is 4.79 Å². The van der Waals surface area contributed by atoms with E-state index in [9.17, 15) is 9.59 Å². The summed E-state index contributed by atoms with van der Waals surface area (Å²) in [6, 6.07) is 8.17. The predicted octanol–water partition coefficient (Wildman–Crippen LogP) is 6.67. The van der Waals surface area contributed by atoms with Crippen molar-refractivity contribution >= 4 is 32.5 Å². The van der Waals surface area contributed by atoms with Crippen LogP contribution in [-0.4, -0.2) is 42.5 Å². The van der Waals surface area contributed by atoms with Crippen LogP contribution in [0.1, 0.15) is 78.8 Å². The number of aromatic nitrogens is 2. The number of benzene rings is 1. The molecular weight excluding hydrogens is 532 g/mol. The number of ether oxygens (including phenoxy) is 1. The quantitative estimate of drug-likeness (QED) is 0.179. The lowest BCUT2D eigenvalue weighted by molar-refractivity contribution is -0.125. The van der Waals surface area contributed by atoms with Crippen LogP contribution in [0.25, 0.3) is 0 Å². The number of hydrogen-bond donors (Lipinski definition) is 3. The third-order valence-electron chi connectivity index (χ3n) is 6.90. The summed E-state index contributed by atoms with van der Waals surface area (Å²) in [6.45, 7) is 19.0. The molecule has 218 valence electrons. The highest BCUT2D eigenvalue weighted by Gasteiger charge is 2.43. The Kier molecular flexibility index (Phi) is 11.9. The van der Waals surface area contributed by atoms with Gasteiger partial charge in [-0.2, -0.15) is 4.98 Å².